The van der Waals surface area contributed by atoms with E-state index in [4.69, 9.17) is 21.9 Å². The number of aliphatic imine (C=N–C) groups is 1. The molecule has 0 aliphatic heterocycles. The second kappa shape index (κ2) is 13.5. The molecular weight excluding hydrogens is 534 g/mol. The predicted octanol–water partition coefficient (Wildman–Crippen LogP) is -0.129. The minimum absolute atomic E-state index is 0.0931. The summed E-state index contributed by atoms with van der Waals surface area (Å²) in [6.45, 7) is 5.21. The van der Waals surface area contributed by atoms with Gasteiger partial charge in [0.15, 0.2) is 0 Å². The van der Waals surface area contributed by atoms with Crippen LogP contribution in [-0.2, 0) is 19.6 Å². The van der Waals surface area contributed by atoms with Crippen molar-refractivity contribution in [3.05, 3.63) is 39.3 Å². The number of nitrogens with two attached hydrogens (primary N) is 3. The molecule has 0 bridgehead atoms. The summed E-state index contributed by atoms with van der Waals surface area (Å²) < 4.78 is 33.6. The molecule has 0 aliphatic rings. The molecule has 2 amide bonds. The van der Waals surface area contributed by atoms with Crippen LogP contribution in [0.15, 0.2) is 27.5 Å². The normalized spacial score (nSPS) is 14.4. The molecule has 2 rings (SSSR count). The number of methoxy groups -OCH3 is 1. The molecule has 0 spiro atoms. The zero-order valence-electron chi connectivity index (χ0n) is 21.7. The van der Waals surface area contributed by atoms with Crippen LogP contribution in [0.4, 0.5) is 0 Å². The molecule has 1 aromatic carbocycles. The Morgan fingerprint density at radius 2 is 1.92 bits per heavy atom. The van der Waals surface area contributed by atoms with Crippen molar-refractivity contribution in [1.82, 2.24) is 15.0 Å². The summed E-state index contributed by atoms with van der Waals surface area (Å²) in [6.07, 6.45) is 0.588. The number of carbonyl (C=O) groups is 2. The summed E-state index contributed by atoms with van der Waals surface area (Å²) in [5, 5.41) is 15.4. The van der Waals surface area contributed by atoms with Gasteiger partial charge in [0.2, 0.25) is 17.8 Å². The van der Waals surface area contributed by atoms with Crippen LogP contribution in [0.2, 0.25) is 0 Å². The minimum atomic E-state index is -4.02. The van der Waals surface area contributed by atoms with Gasteiger partial charge >= 0.3 is 0 Å². The number of nitrogens with zero attached hydrogens (tertiary/aromatic N) is 2. The molecule has 13 nitrogen and oxygen atoms in total. The van der Waals surface area contributed by atoms with E-state index < -0.39 is 40.0 Å². The standard InChI is InChI=1S/C23H35N7O6S2/c1-12-10-17(36-4)13(2)14(3)20(12)38(34,35)30-23(26)28-7-5-6-16(19(32)22-27-8-9-37-22)29-21(33)15(24)11-18(25)31/h8-10,15-16,19,32H,5-7,11,24H2,1-4H3,(H2,25,31)(H,29,33)(H3,26,28,30)/t15-,16-,19?/m0/s1. The molecule has 0 saturated carbocycles. The number of aromatic nitrogens is 1. The third-order valence-corrected chi connectivity index (χ3v) is 8.32. The maximum atomic E-state index is 13.0. The smallest absolute Gasteiger partial charge is 0.264 e. The summed E-state index contributed by atoms with van der Waals surface area (Å²) in [5.74, 6) is -1.10. The molecular formula is C23H35N7O6S2. The van der Waals surface area contributed by atoms with E-state index >= 15 is 0 Å². The number of primary amides is 1. The molecule has 0 radical (unpaired) electrons. The summed E-state index contributed by atoms with van der Waals surface area (Å²) in [4.78, 5) is 31.8. The number of hydrogen-bond donors (Lipinski definition) is 6. The number of aliphatic hydroxyl groups excluding tert-OH is 1. The highest BCUT2D eigenvalue weighted by atomic mass is 32.2. The van der Waals surface area contributed by atoms with Crippen molar-refractivity contribution < 1.29 is 27.9 Å². The first-order chi connectivity index (χ1) is 17.8. The van der Waals surface area contributed by atoms with Crippen LogP contribution in [-0.4, -0.2) is 62.0 Å². The van der Waals surface area contributed by atoms with Gasteiger partial charge in [0.05, 0.1) is 30.5 Å². The average Bonchev–Trinajstić information content (AvgIpc) is 3.36. The number of hydrogen-bond acceptors (Lipinski definition) is 10. The second-order valence-electron chi connectivity index (χ2n) is 8.70. The highest BCUT2D eigenvalue weighted by Gasteiger charge is 2.27. The SMILES string of the molecule is COc1cc(C)c(S(=O)(=O)NC(N)=NCCC[C@H](NC(=O)[C@@H](N)CC(N)=O)C(O)c2nccs2)c(C)c1C. The number of benzene rings is 1. The minimum Gasteiger partial charge on any atom is -0.496 e. The number of aliphatic hydroxyl groups is 1. The van der Waals surface area contributed by atoms with Gasteiger partial charge in [-0.3, -0.25) is 14.6 Å². The Hall–Kier alpha value is -3.27. The summed E-state index contributed by atoms with van der Waals surface area (Å²) in [7, 11) is -2.50. The van der Waals surface area contributed by atoms with Crippen molar-refractivity contribution in [1.29, 1.82) is 0 Å². The molecule has 38 heavy (non-hydrogen) atoms. The number of thiazole rings is 1. The molecule has 15 heteroatoms. The van der Waals surface area contributed by atoms with Crippen molar-refractivity contribution in [3.8, 4) is 5.75 Å². The van der Waals surface area contributed by atoms with Crippen LogP contribution < -0.4 is 32.0 Å². The first-order valence-corrected chi connectivity index (χ1v) is 14.0. The van der Waals surface area contributed by atoms with E-state index in [1.807, 2.05) is 0 Å². The van der Waals surface area contributed by atoms with Crippen LogP contribution in [0, 0.1) is 20.8 Å². The van der Waals surface area contributed by atoms with E-state index in [2.05, 4.69) is 20.0 Å². The largest absolute Gasteiger partial charge is 0.496 e. The molecule has 0 aliphatic carbocycles. The molecule has 1 heterocycles. The number of amides is 2. The lowest BCUT2D eigenvalue weighted by atomic mass is 10.0. The van der Waals surface area contributed by atoms with E-state index in [0.717, 1.165) is 0 Å². The highest BCUT2D eigenvalue weighted by molar-refractivity contribution is 7.90. The first-order valence-electron chi connectivity index (χ1n) is 11.7. The van der Waals surface area contributed by atoms with Crippen molar-refractivity contribution in [2.75, 3.05) is 13.7 Å². The Morgan fingerprint density at radius 3 is 2.50 bits per heavy atom. The Kier molecular flexibility index (Phi) is 11.0. The van der Waals surface area contributed by atoms with Crippen LogP contribution in [0.3, 0.4) is 0 Å². The lowest BCUT2D eigenvalue weighted by Gasteiger charge is -2.24. The van der Waals surface area contributed by atoms with Crippen LogP contribution >= 0.6 is 11.3 Å². The van der Waals surface area contributed by atoms with Gasteiger partial charge in [-0.2, -0.15) is 0 Å². The van der Waals surface area contributed by atoms with Crippen LogP contribution in [0.25, 0.3) is 0 Å². The third kappa shape index (κ3) is 8.11. The second-order valence-corrected chi connectivity index (χ2v) is 11.2. The Morgan fingerprint density at radius 1 is 1.24 bits per heavy atom. The average molecular weight is 570 g/mol. The fraction of sp³-hybridized carbons (Fsp3) is 0.478. The molecule has 3 atom stereocenters. The van der Waals surface area contributed by atoms with Gasteiger partial charge in [-0.25, -0.2) is 18.1 Å². The van der Waals surface area contributed by atoms with Crippen LogP contribution in [0.1, 0.15) is 47.1 Å². The van der Waals surface area contributed by atoms with E-state index in [-0.39, 0.29) is 30.2 Å². The molecule has 1 unspecified atom stereocenters. The van der Waals surface area contributed by atoms with Gasteiger partial charge in [0.1, 0.15) is 16.9 Å². The number of nitrogens with one attached hydrogen (secondary N) is 2. The maximum Gasteiger partial charge on any atom is 0.264 e. The third-order valence-electron chi connectivity index (χ3n) is 5.83. The number of sulfonamides is 1. The quantitative estimate of drug-likeness (QED) is 0.107. The summed E-state index contributed by atoms with van der Waals surface area (Å²) in [5.41, 5.74) is 18.4. The molecule has 1 aromatic heterocycles. The van der Waals surface area contributed by atoms with Gasteiger partial charge in [0, 0.05) is 18.1 Å². The van der Waals surface area contributed by atoms with Crippen molar-refractivity contribution in [2.24, 2.45) is 22.2 Å². The Bertz CT molecular complexity index is 1270. The molecule has 0 fully saturated rings. The van der Waals surface area contributed by atoms with E-state index in [0.29, 0.717) is 33.9 Å². The molecule has 2 aromatic rings. The van der Waals surface area contributed by atoms with Gasteiger partial charge in [0.25, 0.3) is 10.0 Å². The van der Waals surface area contributed by atoms with Gasteiger partial charge in [-0.15, -0.1) is 11.3 Å². The fourth-order valence-corrected chi connectivity index (χ4v) is 6.01. The van der Waals surface area contributed by atoms with Crippen LogP contribution in [0.5, 0.6) is 5.75 Å². The van der Waals surface area contributed by atoms with Gasteiger partial charge in [-0.05, 0) is 56.4 Å². The fourth-order valence-electron chi connectivity index (χ4n) is 3.84. The van der Waals surface area contributed by atoms with Gasteiger partial charge in [-0.1, -0.05) is 0 Å². The molecule has 9 N–H and O–H groups in total. The lowest BCUT2D eigenvalue weighted by molar-refractivity contribution is -0.127. The topological polar surface area (TPSA) is 225 Å². The summed E-state index contributed by atoms with van der Waals surface area (Å²) in [6, 6.07) is -0.328. The molecule has 0 saturated heterocycles. The Balaban J connectivity index is 2.08. The van der Waals surface area contributed by atoms with Crippen molar-refractivity contribution in [3.63, 3.8) is 0 Å². The van der Waals surface area contributed by atoms with Crippen molar-refractivity contribution >= 4 is 39.1 Å². The number of aryl methyl sites for hydroxylation is 1. The van der Waals surface area contributed by atoms with E-state index in [9.17, 15) is 23.1 Å². The highest BCUT2D eigenvalue weighted by Crippen LogP contribution is 2.30. The number of carbonyl (C=O) groups excluding carboxylic acids is 2. The maximum absolute atomic E-state index is 13.0. The monoisotopic (exact) mass is 569 g/mol. The number of ether oxygens (including phenoxy) is 1. The summed E-state index contributed by atoms with van der Waals surface area (Å²) >= 11 is 1.21. The number of guanidine groups is 1. The Labute approximate surface area is 225 Å². The first kappa shape index (κ1) is 31.0. The number of rotatable bonds is 13. The lowest BCUT2D eigenvalue weighted by Crippen LogP contribution is -2.48. The van der Waals surface area contributed by atoms with E-state index in [1.54, 1.807) is 32.2 Å². The molecule has 210 valence electrons. The van der Waals surface area contributed by atoms with Crippen molar-refractivity contribution in [2.45, 2.75) is 63.1 Å². The van der Waals surface area contributed by atoms with E-state index in [1.165, 1.54) is 24.6 Å². The zero-order valence-corrected chi connectivity index (χ0v) is 23.4. The van der Waals surface area contributed by atoms with Gasteiger partial charge < -0.3 is 32.4 Å². The predicted molar refractivity (Wildman–Crippen MR) is 144 cm³/mol. The zero-order chi connectivity index (χ0) is 28.6.